The maximum atomic E-state index is 12.6. The Kier molecular flexibility index (Phi) is 5.04. The number of anilines is 1. The summed E-state index contributed by atoms with van der Waals surface area (Å²) >= 11 is 2.96. The van der Waals surface area contributed by atoms with E-state index < -0.39 is 0 Å². The zero-order valence-corrected chi connectivity index (χ0v) is 16.5. The highest BCUT2D eigenvalue weighted by Crippen LogP contribution is 2.27. The number of hydrogen-bond donors (Lipinski definition) is 0. The molecule has 4 heterocycles. The second-order valence-electron chi connectivity index (χ2n) is 6.33. The summed E-state index contributed by atoms with van der Waals surface area (Å²) in [6.07, 6.45) is 1.77. The summed E-state index contributed by atoms with van der Waals surface area (Å²) in [5.41, 5.74) is 0.907. The van der Waals surface area contributed by atoms with Crippen LogP contribution in [-0.2, 0) is 4.79 Å². The number of thiophene rings is 1. The Morgan fingerprint density at radius 3 is 2.70 bits per heavy atom. The smallest absolute Gasteiger partial charge is 0.264 e. The molecule has 0 atom stereocenters. The van der Waals surface area contributed by atoms with E-state index in [1.54, 1.807) is 30.6 Å². The topological polar surface area (TPSA) is 69.6 Å². The van der Waals surface area contributed by atoms with Crippen molar-refractivity contribution < 1.29 is 9.59 Å². The Hall–Kier alpha value is -2.52. The van der Waals surface area contributed by atoms with Gasteiger partial charge in [0.2, 0.25) is 5.91 Å². The van der Waals surface area contributed by atoms with Gasteiger partial charge < -0.3 is 14.7 Å². The van der Waals surface area contributed by atoms with Crippen molar-refractivity contribution >= 4 is 50.0 Å². The Bertz CT molecular complexity index is 915. The number of aromatic nitrogens is 2. The highest BCUT2D eigenvalue weighted by atomic mass is 32.1. The van der Waals surface area contributed by atoms with Crippen LogP contribution in [0.5, 0.6) is 0 Å². The third-order valence-corrected chi connectivity index (χ3v) is 6.41. The van der Waals surface area contributed by atoms with Crippen molar-refractivity contribution in [2.45, 2.75) is 0 Å². The lowest BCUT2D eigenvalue weighted by Gasteiger charge is -2.35. The number of likely N-dealkylation sites (N-methyl/N-ethyl adjacent to an activating group) is 1. The number of carbonyl (C=O) groups is 2. The fraction of sp³-hybridized carbons (Fsp3) is 0.333. The number of piperazine rings is 1. The molecule has 140 valence electrons. The molecule has 0 aromatic carbocycles. The van der Waals surface area contributed by atoms with Gasteiger partial charge in [-0.1, -0.05) is 17.4 Å². The van der Waals surface area contributed by atoms with Crippen molar-refractivity contribution in [2.75, 3.05) is 44.7 Å². The number of thiazole rings is 1. The van der Waals surface area contributed by atoms with Gasteiger partial charge in [0.1, 0.15) is 10.3 Å². The SMILES string of the molecule is CN(CC(=O)N1CCN(c2nc3cccnc3s2)CC1)C(=O)c1cccs1. The molecule has 0 bridgehead atoms. The molecule has 0 aliphatic carbocycles. The molecule has 2 amide bonds. The van der Waals surface area contributed by atoms with Gasteiger partial charge in [-0.15, -0.1) is 11.3 Å². The van der Waals surface area contributed by atoms with E-state index in [4.69, 9.17) is 0 Å². The molecule has 3 aromatic rings. The summed E-state index contributed by atoms with van der Waals surface area (Å²) in [5.74, 6) is -0.132. The van der Waals surface area contributed by atoms with Crippen LogP contribution in [0.15, 0.2) is 35.8 Å². The molecule has 27 heavy (non-hydrogen) atoms. The first-order chi connectivity index (χ1) is 13.1. The molecule has 1 saturated heterocycles. The van der Waals surface area contributed by atoms with E-state index in [1.165, 1.54) is 16.2 Å². The third-order valence-electron chi connectivity index (χ3n) is 4.51. The van der Waals surface area contributed by atoms with Crippen molar-refractivity contribution in [2.24, 2.45) is 0 Å². The van der Waals surface area contributed by atoms with Crippen molar-refractivity contribution in [3.05, 3.63) is 40.7 Å². The van der Waals surface area contributed by atoms with E-state index in [0.29, 0.717) is 18.0 Å². The number of pyridine rings is 1. The first-order valence-corrected chi connectivity index (χ1v) is 10.3. The minimum atomic E-state index is -0.112. The molecule has 1 aliphatic rings. The van der Waals surface area contributed by atoms with Gasteiger partial charge in [0.15, 0.2) is 5.13 Å². The summed E-state index contributed by atoms with van der Waals surface area (Å²) in [7, 11) is 1.67. The number of hydrogen-bond acceptors (Lipinski definition) is 7. The maximum Gasteiger partial charge on any atom is 0.264 e. The maximum absolute atomic E-state index is 12.6. The number of fused-ring (bicyclic) bond motifs is 1. The predicted molar refractivity (Wildman–Crippen MR) is 107 cm³/mol. The Morgan fingerprint density at radius 2 is 2.00 bits per heavy atom. The molecule has 1 fully saturated rings. The molecule has 1 aliphatic heterocycles. The van der Waals surface area contributed by atoms with Crippen LogP contribution in [0.1, 0.15) is 9.67 Å². The first kappa shape index (κ1) is 17.9. The molecular weight excluding hydrogens is 382 g/mol. The lowest BCUT2D eigenvalue weighted by atomic mass is 10.3. The average molecular weight is 402 g/mol. The summed E-state index contributed by atoms with van der Waals surface area (Å²) in [5, 5.41) is 2.81. The van der Waals surface area contributed by atoms with E-state index in [1.807, 2.05) is 28.5 Å². The van der Waals surface area contributed by atoms with E-state index in [9.17, 15) is 9.59 Å². The van der Waals surface area contributed by atoms with Crippen LogP contribution in [0.3, 0.4) is 0 Å². The van der Waals surface area contributed by atoms with E-state index in [0.717, 1.165) is 28.6 Å². The minimum Gasteiger partial charge on any atom is -0.344 e. The van der Waals surface area contributed by atoms with Crippen LogP contribution >= 0.6 is 22.7 Å². The highest BCUT2D eigenvalue weighted by Gasteiger charge is 2.25. The molecule has 0 N–H and O–H groups in total. The van der Waals surface area contributed by atoms with Crippen LogP contribution < -0.4 is 4.90 Å². The fourth-order valence-corrected chi connectivity index (χ4v) is 4.68. The monoisotopic (exact) mass is 401 g/mol. The second-order valence-corrected chi connectivity index (χ2v) is 8.23. The molecule has 7 nitrogen and oxygen atoms in total. The van der Waals surface area contributed by atoms with Crippen LogP contribution in [0.4, 0.5) is 5.13 Å². The van der Waals surface area contributed by atoms with Crippen LogP contribution in [-0.4, -0.2) is 71.4 Å². The normalized spacial score (nSPS) is 14.6. The fourth-order valence-electron chi connectivity index (χ4n) is 3.00. The predicted octanol–water partition coefficient (Wildman–Crippen LogP) is 2.17. The zero-order chi connectivity index (χ0) is 18.8. The van der Waals surface area contributed by atoms with Crippen molar-refractivity contribution in [1.82, 2.24) is 19.8 Å². The lowest BCUT2D eigenvalue weighted by Crippen LogP contribution is -2.51. The standard InChI is InChI=1S/C18H19N5O2S2/c1-21(17(25)14-5-3-11-26-14)12-15(24)22-7-9-23(10-8-22)18-20-13-4-2-6-19-16(13)27-18/h2-6,11H,7-10,12H2,1H3. The van der Waals surface area contributed by atoms with Gasteiger partial charge >= 0.3 is 0 Å². The quantitative estimate of drug-likeness (QED) is 0.670. The molecule has 9 heteroatoms. The number of amides is 2. The summed E-state index contributed by atoms with van der Waals surface area (Å²) in [6, 6.07) is 7.46. The van der Waals surface area contributed by atoms with Crippen molar-refractivity contribution in [3.8, 4) is 0 Å². The lowest BCUT2D eigenvalue weighted by molar-refractivity contribution is -0.131. The number of rotatable bonds is 4. The van der Waals surface area contributed by atoms with Gasteiger partial charge in [0, 0.05) is 39.4 Å². The van der Waals surface area contributed by atoms with Gasteiger partial charge in [-0.25, -0.2) is 9.97 Å². The third kappa shape index (κ3) is 3.79. The molecule has 0 spiro atoms. The van der Waals surface area contributed by atoms with E-state index in [-0.39, 0.29) is 18.4 Å². The zero-order valence-electron chi connectivity index (χ0n) is 14.9. The Balaban J connectivity index is 1.33. The van der Waals surface area contributed by atoms with Gasteiger partial charge in [-0.05, 0) is 23.6 Å². The van der Waals surface area contributed by atoms with E-state index in [2.05, 4.69) is 14.9 Å². The first-order valence-electron chi connectivity index (χ1n) is 8.65. The van der Waals surface area contributed by atoms with Crippen molar-refractivity contribution in [3.63, 3.8) is 0 Å². The van der Waals surface area contributed by atoms with Crippen LogP contribution in [0.25, 0.3) is 10.3 Å². The summed E-state index contributed by atoms with van der Waals surface area (Å²) in [4.78, 5) is 40.9. The van der Waals surface area contributed by atoms with Crippen molar-refractivity contribution in [1.29, 1.82) is 0 Å². The summed E-state index contributed by atoms with van der Waals surface area (Å²) < 4.78 is 0. The average Bonchev–Trinajstić information content (AvgIpc) is 3.37. The summed E-state index contributed by atoms with van der Waals surface area (Å²) in [6.45, 7) is 2.82. The molecule has 4 rings (SSSR count). The largest absolute Gasteiger partial charge is 0.344 e. The van der Waals surface area contributed by atoms with Crippen LogP contribution in [0, 0.1) is 0 Å². The molecule has 0 unspecified atom stereocenters. The Labute approximate surface area is 164 Å². The van der Waals surface area contributed by atoms with Gasteiger partial charge in [0.05, 0.1) is 11.4 Å². The Morgan fingerprint density at radius 1 is 1.19 bits per heavy atom. The van der Waals surface area contributed by atoms with Gasteiger partial charge in [-0.2, -0.15) is 0 Å². The number of carbonyl (C=O) groups excluding carboxylic acids is 2. The molecular formula is C18H19N5O2S2. The second kappa shape index (κ2) is 7.61. The number of nitrogens with zero attached hydrogens (tertiary/aromatic N) is 5. The van der Waals surface area contributed by atoms with E-state index >= 15 is 0 Å². The molecule has 3 aromatic heterocycles. The van der Waals surface area contributed by atoms with Crippen LogP contribution in [0.2, 0.25) is 0 Å². The molecule has 0 radical (unpaired) electrons. The highest BCUT2D eigenvalue weighted by molar-refractivity contribution is 7.21. The molecule has 0 saturated carbocycles. The van der Waals surface area contributed by atoms with Gasteiger partial charge in [0.25, 0.3) is 5.91 Å². The minimum absolute atomic E-state index is 0.0203. The van der Waals surface area contributed by atoms with Gasteiger partial charge in [-0.3, -0.25) is 9.59 Å².